The lowest BCUT2D eigenvalue weighted by molar-refractivity contribution is -0.272. The van der Waals surface area contributed by atoms with Crippen LogP contribution in [0.15, 0.2) is 18.2 Å². The minimum absolute atomic E-state index is 0.0599. The molecule has 0 radical (unpaired) electrons. The number of hydrogen-bond acceptors (Lipinski definition) is 4. The lowest BCUT2D eigenvalue weighted by Gasteiger charge is -2.42. The minimum Gasteiger partial charge on any atom is -0.496 e. The van der Waals surface area contributed by atoms with Crippen LogP contribution in [-0.4, -0.2) is 77.7 Å². The summed E-state index contributed by atoms with van der Waals surface area (Å²) in [7, 11) is 1.34. The van der Waals surface area contributed by atoms with E-state index in [-0.39, 0.29) is 37.5 Å². The Morgan fingerprint density at radius 3 is 2.24 bits per heavy atom. The molecule has 1 atom stereocenters. The highest BCUT2D eigenvalue weighted by Gasteiger charge is 2.57. The van der Waals surface area contributed by atoms with E-state index < -0.39 is 42.1 Å². The predicted molar refractivity (Wildman–Crippen MR) is 97.6 cm³/mol. The van der Waals surface area contributed by atoms with Gasteiger partial charge < -0.3 is 19.8 Å². The van der Waals surface area contributed by atoms with Crippen LogP contribution in [0.5, 0.6) is 5.75 Å². The molecule has 0 saturated carbocycles. The van der Waals surface area contributed by atoms with Gasteiger partial charge in [0.2, 0.25) is 0 Å². The van der Waals surface area contributed by atoms with Crippen LogP contribution in [0, 0.1) is 5.82 Å². The second-order valence-corrected chi connectivity index (χ2v) is 7.98. The molecule has 1 aliphatic rings. The fraction of sp³-hybridized carbons (Fsp3) is 0.632. The third-order valence-corrected chi connectivity index (χ3v) is 5.28. The van der Waals surface area contributed by atoms with Crippen molar-refractivity contribution in [1.82, 2.24) is 9.80 Å². The summed E-state index contributed by atoms with van der Waals surface area (Å²) in [6, 6.07) is 3.60. The number of aliphatic hydroxyl groups is 1. The summed E-state index contributed by atoms with van der Waals surface area (Å²) in [6.07, 6.45) is -6.79. The fourth-order valence-corrected chi connectivity index (χ4v) is 3.75. The Hall–Kier alpha value is -2.07. The molecule has 2 N–H and O–H groups in total. The molecule has 0 bridgehead atoms. The lowest BCUT2D eigenvalue weighted by Crippen LogP contribution is -2.59. The number of hydrogen-bond donors (Lipinski definition) is 2. The highest BCUT2D eigenvalue weighted by Crippen LogP contribution is 2.44. The molecule has 1 aliphatic heterocycles. The topological polar surface area (TPSA) is 73.2 Å². The van der Waals surface area contributed by atoms with E-state index in [1.54, 1.807) is 0 Å². The molecule has 164 valence electrons. The van der Waals surface area contributed by atoms with Gasteiger partial charge in [-0.05, 0) is 30.0 Å². The molecule has 0 aliphatic carbocycles. The number of rotatable bonds is 6. The van der Waals surface area contributed by atoms with E-state index in [1.165, 1.54) is 31.9 Å². The van der Waals surface area contributed by atoms with E-state index in [1.807, 2.05) is 0 Å². The van der Waals surface area contributed by atoms with Gasteiger partial charge >= 0.3 is 12.3 Å². The number of piperazine rings is 1. The number of amides is 1. The molecule has 6 nitrogen and oxygen atoms in total. The Bertz CT molecular complexity index is 733. The molecular formula is C19H26F4N2O4. The zero-order chi connectivity index (χ0) is 22.0. The summed E-state index contributed by atoms with van der Waals surface area (Å²) in [5.74, 6) is -0.384. The molecule has 29 heavy (non-hydrogen) atoms. The van der Waals surface area contributed by atoms with Gasteiger partial charge in [-0.3, -0.25) is 4.90 Å². The van der Waals surface area contributed by atoms with Crippen LogP contribution in [0.4, 0.5) is 22.4 Å². The third kappa shape index (κ3) is 5.30. The van der Waals surface area contributed by atoms with Crippen molar-refractivity contribution in [3.05, 3.63) is 29.6 Å². The van der Waals surface area contributed by atoms with Crippen molar-refractivity contribution in [1.29, 1.82) is 0 Å². The van der Waals surface area contributed by atoms with Crippen molar-refractivity contribution in [2.24, 2.45) is 0 Å². The second-order valence-electron chi connectivity index (χ2n) is 7.98. The van der Waals surface area contributed by atoms with E-state index in [0.29, 0.717) is 0 Å². The van der Waals surface area contributed by atoms with Crippen LogP contribution < -0.4 is 4.74 Å². The first-order valence-corrected chi connectivity index (χ1v) is 9.12. The number of carboxylic acid groups (broad SMARTS) is 1. The normalized spacial score (nSPS) is 18.4. The van der Waals surface area contributed by atoms with Crippen molar-refractivity contribution in [3.63, 3.8) is 0 Å². The number of carbonyl (C=O) groups is 1. The molecule has 1 heterocycles. The molecule has 0 aromatic heterocycles. The van der Waals surface area contributed by atoms with Crippen LogP contribution >= 0.6 is 0 Å². The SMILES string of the molecule is COc1ccc(F)cc1C(C)(C)CC(O)(CN1CCN(C(=O)O)CC1)C(F)(F)F. The monoisotopic (exact) mass is 422 g/mol. The van der Waals surface area contributed by atoms with Gasteiger partial charge in [-0.15, -0.1) is 0 Å². The molecule has 1 saturated heterocycles. The molecule has 0 spiro atoms. The smallest absolute Gasteiger partial charge is 0.418 e. The number of β-amino-alcohol motifs (C(OH)–C–C–N with tert-alkyl or cyclic N) is 1. The summed E-state index contributed by atoms with van der Waals surface area (Å²) in [4.78, 5) is 13.5. The van der Waals surface area contributed by atoms with Crippen LogP contribution in [0.2, 0.25) is 0 Å². The summed E-state index contributed by atoms with van der Waals surface area (Å²) in [5.41, 5.74) is -4.11. The number of ether oxygens (including phenoxy) is 1. The number of nitrogens with zero attached hydrogens (tertiary/aromatic N) is 2. The molecule has 1 amide bonds. The molecule has 2 rings (SSSR count). The Balaban J connectivity index is 2.26. The first-order valence-electron chi connectivity index (χ1n) is 9.12. The van der Waals surface area contributed by atoms with E-state index >= 15 is 0 Å². The van der Waals surface area contributed by atoms with Crippen LogP contribution in [0.1, 0.15) is 25.8 Å². The Labute approximate surface area is 166 Å². The molecule has 1 fully saturated rings. The van der Waals surface area contributed by atoms with Crippen LogP contribution in [0.25, 0.3) is 0 Å². The number of alkyl halides is 3. The lowest BCUT2D eigenvalue weighted by atomic mass is 9.74. The zero-order valence-corrected chi connectivity index (χ0v) is 16.6. The Morgan fingerprint density at radius 2 is 1.76 bits per heavy atom. The van der Waals surface area contributed by atoms with Gasteiger partial charge in [0.1, 0.15) is 11.6 Å². The van der Waals surface area contributed by atoms with Crippen molar-refractivity contribution in [2.45, 2.75) is 37.5 Å². The van der Waals surface area contributed by atoms with Gasteiger partial charge in [0.05, 0.1) is 7.11 Å². The summed E-state index contributed by atoms with van der Waals surface area (Å²) in [5, 5.41) is 19.6. The van der Waals surface area contributed by atoms with Crippen molar-refractivity contribution in [2.75, 3.05) is 39.8 Å². The van der Waals surface area contributed by atoms with E-state index in [4.69, 9.17) is 9.84 Å². The highest BCUT2D eigenvalue weighted by molar-refractivity contribution is 5.65. The summed E-state index contributed by atoms with van der Waals surface area (Å²) in [6.45, 7) is 2.55. The van der Waals surface area contributed by atoms with Crippen molar-refractivity contribution in [3.8, 4) is 5.75 Å². The standard InChI is InChI=1S/C19H26F4N2O4/c1-17(2,14-10-13(20)4-5-15(14)29-3)11-18(28,19(21,22)23)12-24-6-8-25(9-7-24)16(26)27/h4-5,10,28H,6-9,11-12H2,1-3H3,(H,26,27). The average Bonchev–Trinajstić information content (AvgIpc) is 2.60. The maximum Gasteiger partial charge on any atom is 0.418 e. The first kappa shape index (κ1) is 23.2. The largest absolute Gasteiger partial charge is 0.496 e. The Kier molecular flexibility index (Phi) is 6.68. The fourth-order valence-electron chi connectivity index (χ4n) is 3.75. The highest BCUT2D eigenvalue weighted by atomic mass is 19.4. The number of halogens is 4. The average molecular weight is 422 g/mol. The molecule has 1 unspecified atom stereocenters. The van der Waals surface area contributed by atoms with Crippen LogP contribution in [-0.2, 0) is 5.41 Å². The first-order chi connectivity index (χ1) is 13.3. The molecule has 1 aromatic rings. The van der Waals surface area contributed by atoms with Gasteiger partial charge in [-0.1, -0.05) is 13.8 Å². The molecule has 1 aromatic carbocycles. The second kappa shape index (κ2) is 8.35. The summed E-state index contributed by atoms with van der Waals surface area (Å²) < 4.78 is 60.6. The quantitative estimate of drug-likeness (QED) is 0.690. The maximum atomic E-state index is 13.9. The minimum atomic E-state index is -4.94. The van der Waals surface area contributed by atoms with Crippen molar-refractivity contribution >= 4 is 6.09 Å². The maximum absolute atomic E-state index is 13.9. The van der Waals surface area contributed by atoms with E-state index in [9.17, 15) is 27.5 Å². The number of benzene rings is 1. The van der Waals surface area contributed by atoms with Gasteiger partial charge in [0, 0.05) is 38.3 Å². The van der Waals surface area contributed by atoms with Gasteiger partial charge in [0.15, 0.2) is 5.60 Å². The van der Waals surface area contributed by atoms with Crippen molar-refractivity contribution < 1.29 is 37.3 Å². The van der Waals surface area contributed by atoms with Crippen LogP contribution in [0.3, 0.4) is 0 Å². The zero-order valence-electron chi connectivity index (χ0n) is 16.6. The van der Waals surface area contributed by atoms with Gasteiger partial charge in [-0.2, -0.15) is 13.2 Å². The third-order valence-electron chi connectivity index (χ3n) is 5.28. The predicted octanol–water partition coefficient (Wildman–Crippen LogP) is 3.09. The Morgan fingerprint density at radius 1 is 1.17 bits per heavy atom. The summed E-state index contributed by atoms with van der Waals surface area (Å²) >= 11 is 0. The van der Waals surface area contributed by atoms with Gasteiger partial charge in [-0.25, -0.2) is 9.18 Å². The van der Waals surface area contributed by atoms with E-state index in [2.05, 4.69) is 0 Å². The number of methoxy groups -OCH3 is 1. The molecule has 10 heteroatoms. The van der Waals surface area contributed by atoms with Gasteiger partial charge in [0.25, 0.3) is 0 Å². The van der Waals surface area contributed by atoms with E-state index in [0.717, 1.165) is 17.0 Å². The molecular weight excluding hydrogens is 396 g/mol.